The van der Waals surface area contributed by atoms with Crippen molar-refractivity contribution in [2.75, 3.05) is 0 Å². The highest BCUT2D eigenvalue weighted by molar-refractivity contribution is 5.94. The van der Waals surface area contributed by atoms with Crippen LogP contribution >= 0.6 is 0 Å². The van der Waals surface area contributed by atoms with Crippen molar-refractivity contribution in [3.8, 4) is 0 Å². The molecule has 0 aliphatic rings. The van der Waals surface area contributed by atoms with Gasteiger partial charge in [-0.1, -0.05) is 32.6 Å². The summed E-state index contributed by atoms with van der Waals surface area (Å²) in [4.78, 5) is 10.5. The van der Waals surface area contributed by atoms with Gasteiger partial charge >= 0.3 is 0 Å². The van der Waals surface area contributed by atoms with Gasteiger partial charge in [0, 0.05) is 5.57 Å². The molecule has 2 N–H and O–H groups in total. The van der Waals surface area contributed by atoms with Crippen molar-refractivity contribution in [2.45, 2.75) is 13.8 Å². The number of carbonyl (C=O) groups is 1. The van der Waals surface area contributed by atoms with Crippen LogP contribution in [0, 0.1) is 5.92 Å². The van der Waals surface area contributed by atoms with Crippen molar-refractivity contribution >= 4 is 5.91 Å². The van der Waals surface area contributed by atoms with Crippen LogP contribution in [0.2, 0.25) is 0 Å². The Hall–Kier alpha value is -1.05. The van der Waals surface area contributed by atoms with Crippen molar-refractivity contribution in [3.63, 3.8) is 0 Å². The zero-order valence-corrected chi connectivity index (χ0v) is 6.42. The zero-order chi connectivity index (χ0) is 8.15. The number of hydrogen-bond donors (Lipinski definition) is 1. The summed E-state index contributed by atoms with van der Waals surface area (Å²) in [5.41, 5.74) is 5.51. The Morgan fingerprint density at radius 3 is 2.20 bits per heavy atom. The highest BCUT2D eigenvalue weighted by Crippen LogP contribution is 2.01. The van der Waals surface area contributed by atoms with Gasteiger partial charge in [-0.15, -0.1) is 0 Å². The topological polar surface area (TPSA) is 43.1 Å². The second-order valence-electron chi connectivity index (χ2n) is 2.43. The molecule has 0 saturated carbocycles. The number of nitrogens with two attached hydrogens (primary N) is 1. The number of primary amides is 1. The lowest BCUT2D eigenvalue weighted by atomic mass is 10.1. The lowest BCUT2D eigenvalue weighted by Gasteiger charge is -1.97. The first-order valence-electron chi connectivity index (χ1n) is 3.22. The Morgan fingerprint density at radius 1 is 1.60 bits per heavy atom. The van der Waals surface area contributed by atoms with E-state index in [4.69, 9.17) is 5.73 Å². The molecule has 0 aromatic heterocycles. The number of hydrogen-bond acceptors (Lipinski definition) is 1. The predicted molar refractivity (Wildman–Crippen MR) is 42.3 cm³/mol. The number of amides is 1. The molecule has 0 atom stereocenters. The second kappa shape index (κ2) is 3.88. The number of carbonyl (C=O) groups excluding carboxylic acids is 1. The summed E-state index contributed by atoms with van der Waals surface area (Å²) in [5, 5.41) is 0. The van der Waals surface area contributed by atoms with Gasteiger partial charge in [-0.2, -0.15) is 0 Å². The van der Waals surface area contributed by atoms with Crippen molar-refractivity contribution < 1.29 is 4.79 Å². The van der Waals surface area contributed by atoms with Gasteiger partial charge in [0.15, 0.2) is 0 Å². The maximum Gasteiger partial charge on any atom is 0.248 e. The Balaban J connectivity index is 4.33. The van der Waals surface area contributed by atoms with E-state index < -0.39 is 5.91 Å². The van der Waals surface area contributed by atoms with E-state index in [0.717, 1.165) is 0 Å². The van der Waals surface area contributed by atoms with E-state index in [-0.39, 0.29) is 0 Å². The standard InChI is InChI=1S/C8H13NO/c1-4-7(8(9)10)5-6(2)3/h4-6H,1H2,2-3H3,(H2,9,10). The molecule has 2 heteroatoms. The Labute approximate surface area is 61.4 Å². The molecular weight excluding hydrogens is 126 g/mol. The molecular formula is C8H13NO. The molecule has 0 aromatic rings. The summed E-state index contributed by atoms with van der Waals surface area (Å²) in [6, 6.07) is 0. The molecule has 0 bridgehead atoms. The molecule has 2 nitrogen and oxygen atoms in total. The molecule has 1 amide bonds. The van der Waals surface area contributed by atoms with Gasteiger partial charge in [0.25, 0.3) is 0 Å². The van der Waals surface area contributed by atoms with Crippen molar-refractivity contribution in [1.29, 1.82) is 0 Å². The average molecular weight is 139 g/mol. The van der Waals surface area contributed by atoms with Crippen molar-refractivity contribution in [3.05, 3.63) is 24.3 Å². The van der Waals surface area contributed by atoms with E-state index in [1.165, 1.54) is 6.08 Å². The maximum atomic E-state index is 10.5. The van der Waals surface area contributed by atoms with Crippen LogP contribution in [-0.4, -0.2) is 5.91 Å². The highest BCUT2D eigenvalue weighted by atomic mass is 16.1. The molecule has 0 heterocycles. The van der Waals surface area contributed by atoms with Gasteiger partial charge in [0.05, 0.1) is 0 Å². The van der Waals surface area contributed by atoms with E-state index in [1.54, 1.807) is 6.08 Å². The summed E-state index contributed by atoms with van der Waals surface area (Å²) >= 11 is 0. The molecule has 0 aromatic carbocycles. The van der Waals surface area contributed by atoms with Crippen LogP contribution in [0.25, 0.3) is 0 Å². The SMILES string of the molecule is C=CC(=CC(C)C)C(N)=O. The van der Waals surface area contributed by atoms with Gasteiger partial charge in [-0.25, -0.2) is 0 Å². The van der Waals surface area contributed by atoms with Crippen LogP contribution in [0.15, 0.2) is 24.3 Å². The fourth-order valence-corrected chi connectivity index (χ4v) is 0.610. The first-order valence-corrected chi connectivity index (χ1v) is 3.22. The normalized spacial score (nSPS) is 11.7. The van der Waals surface area contributed by atoms with Crippen LogP contribution in [0.4, 0.5) is 0 Å². The third kappa shape index (κ3) is 3.07. The number of allylic oxidation sites excluding steroid dienone is 1. The van der Waals surface area contributed by atoms with E-state index in [0.29, 0.717) is 11.5 Å². The summed E-state index contributed by atoms with van der Waals surface area (Å²) < 4.78 is 0. The molecule has 0 aliphatic carbocycles. The lowest BCUT2D eigenvalue weighted by molar-refractivity contribution is -0.114. The van der Waals surface area contributed by atoms with Crippen LogP contribution in [0.5, 0.6) is 0 Å². The third-order valence-electron chi connectivity index (χ3n) is 1.02. The van der Waals surface area contributed by atoms with Crippen LogP contribution in [0.3, 0.4) is 0 Å². The van der Waals surface area contributed by atoms with E-state index in [2.05, 4.69) is 6.58 Å². The molecule has 0 rings (SSSR count). The predicted octanol–water partition coefficient (Wildman–Crippen LogP) is 1.24. The lowest BCUT2D eigenvalue weighted by Crippen LogP contribution is -2.12. The minimum Gasteiger partial charge on any atom is -0.366 e. The summed E-state index contributed by atoms with van der Waals surface area (Å²) in [6.45, 7) is 7.42. The van der Waals surface area contributed by atoms with Gasteiger partial charge in [-0.05, 0) is 5.92 Å². The Morgan fingerprint density at radius 2 is 2.10 bits per heavy atom. The van der Waals surface area contributed by atoms with Crippen molar-refractivity contribution in [2.24, 2.45) is 11.7 Å². The first kappa shape index (κ1) is 8.95. The van der Waals surface area contributed by atoms with Gasteiger partial charge in [-0.3, -0.25) is 4.79 Å². The summed E-state index contributed by atoms with van der Waals surface area (Å²) in [7, 11) is 0. The first-order chi connectivity index (χ1) is 4.57. The monoisotopic (exact) mass is 139 g/mol. The summed E-state index contributed by atoms with van der Waals surface area (Å²) in [6.07, 6.45) is 3.26. The summed E-state index contributed by atoms with van der Waals surface area (Å²) in [5.74, 6) is -0.0794. The van der Waals surface area contributed by atoms with Gasteiger partial charge in [0.2, 0.25) is 5.91 Å². The molecule has 56 valence electrons. The third-order valence-corrected chi connectivity index (χ3v) is 1.02. The fraction of sp³-hybridized carbons (Fsp3) is 0.375. The molecule has 0 radical (unpaired) electrons. The quantitative estimate of drug-likeness (QED) is 0.464. The van der Waals surface area contributed by atoms with Crippen LogP contribution in [-0.2, 0) is 4.79 Å². The Kier molecular flexibility index (Phi) is 3.47. The molecule has 0 saturated heterocycles. The number of rotatable bonds is 3. The van der Waals surface area contributed by atoms with Crippen LogP contribution in [0.1, 0.15) is 13.8 Å². The smallest absolute Gasteiger partial charge is 0.248 e. The van der Waals surface area contributed by atoms with Crippen LogP contribution < -0.4 is 5.73 Å². The Bertz CT molecular complexity index is 168. The van der Waals surface area contributed by atoms with Gasteiger partial charge in [0.1, 0.15) is 0 Å². The van der Waals surface area contributed by atoms with Gasteiger partial charge < -0.3 is 5.73 Å². The second-order valence-corrected chi connectivity index (χ2v) is 2.43. The van der Waals surface area contributed by atoms with E-state index >= 15 is 0 Å². The molecule has 10 heavy (non-hydrogen) atoms. The zero-order valence-electron chi connectivity index (χ0n) is 6.42. The molecule has 0 spiro atoms. The minimum absolute atomic E-state index is 0.334. The molecule has 0 unspecified atom stereocenters. The maximum absolute atomic E-state index is 10.5. The molecule has 0 aliphatic heterocycles. The minimum atomic E-state index is -0.413. The van der Waals surface area contributed by atoms with Crippen molar-refractivity contribution in [1.82, 2.24) is 0 Å². The van der Waals surface area contributed by atoms with E-state index in [1.807, 2.05) is 13.8 Å². The van der Waals surface area contributed by atoms with E-state index in [9.17, 15) is 4.79 Å². The largest absolute Gasteiger partial charge is 0.366 e. The average Bonchev–Trinajstić information content (AvgIpc) is 1.81. The highest BCUT2D eigenvalue weighted by Gasteiger charge is 1.98. The fourth-order valence-electron chi connectivity index (χ4n) is 0.610. The molecule has 0 fully saturated rings.